The number of nitrogens with one attached hydrogen (secondary N) is 2. The van der Waals surface area contributed by atoms with Gasteiger partial charge in [0.05, 0.1) is 16.2 Å². The first kappa shape index (κ1) is 16.7. The van der Waals surface area contributed by atoms with Gasteiger partial charge in [-0.3, -0.25) is 14.7 Å². The lowest BCUT2D eigenvalue weighted by atomic mass is 10.1. The number of hydrogen-bond donors (Lipinski definition) is 2. The van der Waals surface area contributed by atoms with Crippen LogP contribution in [0.5, 0.6) is 0 Å². The summed E-state index contributed by atoms with van der Waals surface area (Å²) in [6.07, 6.45) is 1.97. The third kappa shape index (κ3) is 3.24. The SMILES string of the molecule is O=C(Cc1[nH]ccc1S(=O)(=O)c1ccc(F)cc1)C(=O)c1ncn[nH]1. The fourth-order valence-corrected chi connectivity index (χ4v) is 3.66. The van der Waals surface area contributed by atoms with Gasteiger partial charge in [0.15, 0.2) is 5.82 Å². The molecule has 2 heterocycles. The van der Waals surface area contributed by atoms with Crippen LogP contribution in [0.15, 0.2) is 52.6 Å². The van der Waals surface area contributed by atoms with Gasteiger partial charge in [-0.15, -0.1) is 0 Å². The van der Waals surface area contributed by atoms with E-state index in [1.807, 2.05) is 0 Å². The molecule has 0 saturated heterocycles. The van der Waals surface area contributed by atoms with Crippen LogP contribution in [0, 0.1) is 5.82 Å². The number of rotatable bonds is 6. The lowest BCUT2D eigenvalue weighted by Gasteiger charge is -2.06. The van der Waals surface area contributed by atoms with Crippen molar-refractivity contribution in [3.8, 4) is 0 Å². The third-order valence-corrected chi connectivity index (χ3v) is 5.28. The zero-order valence-corrected chi connectivity index (χ0v) is 13.4. The fourth-order valence-electron chi connectivity index (χ4n) is 2.21. The summed E-state index contributed by atoms with van der Waals surface area (Å²) in [5.74, 6) is -2.55. The van der Waals surface area contributed by atoms with E-state index in [0.717, 1.165) is 30.6 Å². The molecule has 0 atom stereocenters. The van der Waals surface area contributed by atoms with Crippen molar-refractivity contribution in [3.63, 3.8) is 0 Å². The van der Waals surface area contributed by atoms with Crippen LogP contribution in [0.2, 0.25) is 0 Å². The molecule has 0 aliphatic rings. The number of Topliss-reactive ketones (excluding diaryl/α,β-unsaturated/α-hetero) is 2. The zero-order valence-electron chi connectivity index (χ0n) is 12.6. The predicted octanol–water partition coefficient (Wildman–Crippen LogP) is 1.10. The normalized spacial score (nSPS) is 11.4. The van der Waals surface area contributed by atoms with Gasteiger partial charge in [-0.2, -0.15) is 5.10 Å². The van der Waals surface area contributed by atoms with E-state index in [2.05, 4.69) is 20.2 Å². The smallest absolute Gasteiger partial charge is 0.265 e. The molecule has 128 valence electrons. The van der Waals surface area contributed by atoms with Crippen molar-refractivity contribution >= 4 is 21.4 Å². The molecule has 25 heavy (non-hydrogen) atoms. The molecule has 0 aliphatic carbocycles. The second-order valence-electron chi connectivity index (χ2n) is 5.04. The first-order valence-corrected chi connectivity index (χ1v) is 8.47. The number of benzene rings is 1. The van der Waals surface area contributed by atoms with Crippen molar-refractivity contribution in [1.82, 2.24) is 20.2 Å². The van der Waals surface area contributed by atoms with Crippen molar-refractivity contribution < 1.29 is 22.4 Å². The largest absolute Gasteiger partial charge is 0.364 e. The minimum absolute atomic E-state index is 0.0576. The Morgan fingerprint density at radius 3 is 2.48 bits per heavy atom. The Balaban J connectivity index is 1.89. The summed E-state index contributed by atoms with van der Waals surface area (Å²) in [6.45, 7) is 0. The molecular formula is C15H11FN4O4S. The number of carbonyl (C=O) groups is 2. The van der Waals surface area contributed by atoms with Gasteiger partial charge in [0.25, 0.3) is 5.78 Å². The molecule has 0 radical (unpaired) electrons. The molecular weight excluding hydrogens is 351 g/mol. The molecule has 3 rings (SSSR count). The van der Waals surface area contributed by atoms with Crippen LogP contribution in [0.25, 0.3) is 0 Å². The highest BCUT2D eigenvalue weighted by atomic mass is 32.2. The molecule has 2 N–H and O–H groups in total. The standard InChI is InChI=1S/C15H11FN4O4S/c16-9-1-3-10(4-2-9)25(23,24)13-5-6-17-11(13)7-12(21)14(22)15-18-8-19-20-15/h1-6,8,17H,7H2,(H,18,19,20). The zero-order chi connectivity index (χ0) is 18.0. The number of nitrogens with zero attached hydrogens (tertiary/aromatic N) is 2. The fraction of sp³-hybridized carbons (Fsp3) is 0.0667. The molecule has 0 aliphatic heterocycles. The average molecular weight is 362 g/mol. The highest BCUT2D eigenvalue weighted by molar-refractivity contribution is 7.91. The summed E-state index contributed by atoms with van der Waals surface area (Å²) in [6, 6.07) is 5.59. The summed E-state index contributed by atoms with van der Waals surface area (Å²) in [7, 11) is -3.97. The molecule has 0 saturated carbocycles. The number of carbonyl (C=O) groups excluding carboxylic acids is 2. The van der Waals surface area contributed by atoms with Gasteiger partial charge in [-0.25, -0.2) is 17.8 Å². The van der Waals surface area contributed by atoms with E-state index in [9.17, 15) is 22.4 Å². The van der Waals surface area contributed by atoms with E-state index in [4.69, 9.17) is 0 Å². The second kappa shape index (κ2) is 6.40. The number of H-pyrrole nitrogens is 2. The number of sulfone groups is 1. The molecule has 0 fully saturated rings. The Morgan fingerprint density at radius 2 is 1.84 bits per heavy atom. The summed E-state index contributed by atoms with van der Waals surface area (Å²) >= 11 is 0. The van der Waals surface area contributed by atoms with E-state index in [1.165, 1.54) is 12.3 Å². The summed E-state index contributed by atoms with van der Waals surface area (Å²) < 4.78 is 38.3. The molecule has 0 unspecified atom stereocenters. The van der Waals surface area contributed by atoms with Gasteiger partial charge in [-0.1, -0.05) is 0 Å². The third-order valence-electron chi connectivity index (χ3n) is 3.42. The van der Waals surface area contributed by atoms with E-state index in [0.29, 0.717) is 0 Å². The quantitative estimate of drug-likeness (QED) is 0.384. The molecule has 2 aromatic heterocycles. The number of ketones is 2. The lowest BCUT2D eigenvalue weighted by molar-refractivity contribution is -0.114. The van der Waals surface area contributed by atoms with Gasteiger partial charge in [-0.05, 0) is 30.3 Å². The van der Waals surface area contributed by atoms with Crippen LogP contribution in [0.1, 0.15) is 16.3 Å². The summed E-state index contributed by atoms with van der Waals surface area (Å²) in [4.78, 5) is 29.9. The average Bonchev–Trinajstić information content (AvgIpc) is 3.26. The molecule has 0 spiro atoms. The van der Waals surface area contributed by atoms with Gasteiger partial charge < -0.3 is 4.98 Å². The minimum atomic E-state index is -3.97. The Hall–Kier alpha value is -3.14. The van der Waals surface area contributed by atoms with E-state index < -0.39 is 33.6 Å². The molecule has 8 nitrogen and oxygen atoms in total. The van der Waals surface area contributed by atoms with Crippen molar-refractivity contribution in [2.45, 2.75) is 16.2 Å². The number of halogens is 1. The van der Waals surface area contributed by atoms with E-state index >= 15 is 0 Å². The van der Waals surface area contributed by atoms with E-state index in [1.54, 1.807) is 0 Å². The molecule has 1 aromatic carbocycles. The van der Waals surface area contributed by atoms with Gasteiger partial charge in [0, 0.05) is 11.9 Å². The van der Waals surface area contributed by atoms with Crippen molar-refractivity contribution in [2.24, 2.45) is 0 Å². The molecule has 0 bridgehead atoms. The Labute approximate surface area is 141 Å². The Bertz CT molecular complexity index is 1020. The maximum absolute atomic E-state index is 13.0. The summed E-state index contributed by atoms with van der Waals surface area (Å²) in [5, 5.41) is 5.76. The first-order chi connectivity index (χ1) is 11.9. The lowest BCUT2D eigenvalue weighted by Crippen LogP contribution is -2.19. The predicted molar refractivity (Wildman–Crippen MR) is 82.1 cm³/mol. The van der Waals surface area contributed by atoms with Crippen LogP contribution in [-0.2, 0) is 21.1 Å². The van der Waals surface area contributed by atoms with Crippen molar-refractivity contribution in [2.75, 3.05) is 0 Å². The van der Waals surface area contributed by atoms with Crippen molar-refractivity contribution in [3.05, 3.63) is 60.2 Å². The molecule has 0 amide bonds. The van der Waals surface area contributed by atoms with Crippen LogP contribution < -0.4 is 0 Å². The van der Waals surface area contributed by atoms with Crippen LogP contribution in [0.4, 0.5) is 4.39 Å². The monoisotopic (exact) mass is 362 g/mol. The van der Waals surface area contributed by atoms with Crippen LogP contribution in [-0.4, -0.2) is 40.1 Å². The number of aromatic amines is 2. The summed E-state index contributed by atoms with van der Waals surface area (Å²) in [5.41, 5.74) is 0.0576. The van der Waals surface area contributed by atoms with Crippen LogP contribution in [0.3, 0.4) is 0 Å². The first-order valence-electron chi connectivity index (χ1n) is 6.99. The maximum Gasteiger partial charge on any atom is 0.265 e. The maximum atomic E-state index is 13.0. The Morgan fingerprint density at radius 1 is 1.12 bits per heavy atom. The topological polar surface area (TPSA) is 126 Å². The second-order valence-corrected chi connectivity index (χ2v) is 6.96. The van der Waals surface area contributed by atoms with Crippen molar-refractivity contribution in [1.29, 1.82) is 0 Å². The van der Waals surface area contributed by atoms with Gasteiger partial charge in [0.1, 0.15) is 12.1 Å². The van der Waals surface area contributed by atoms with Gasteiger partial charge >= 0.3 is 0 Å². The molecule has 10 heteroatoms. The Kier molecular flexibility index (Phi) is 4.28. The minimum Gasteiger partial charge on any atom is -0.364 e. The number of hydrogen-bond acceptors (Lipinski definition) is 6. The molecule has 3 aromatic rings. The van der Waals surface area contributed by atoms with E-state index in [-0.39, 0.29) is 21.3 Å². The van der Waals surface area contributed by atoms with Gasteiger partial charge in [0.2, 0.25) is 15.6 Å². The van der Waals surface area contributed by atoms with Crippen LogP contribution >= 0.6 is 0 Å². The highest BCUT2D eigenvalue weighted by Gasteiger charge is 2.26. The number of aromatic nitrogens is 4. The highest BCUT2D eigenvalue weighted by Crippen LogP contribution is 2.24.